The van der Waals surface area contributed by atoms with Crippen molar-refractivity contribution in [1.82, 2.24) is 0 Å². The molecule has 19 heavy (non-hydrogen) atoms. The first-order valence-electron chi connectivity index (χ1n) is 5.92. The minimum Gasteiger partial charge on any atom is -0.390 e. The van der Waals surface area contributed by atoms with Crippen molar-refractivity contribution in [3.05, 3.63) is 70.8 Å². The monoisotopic (exact) mass is 249 g/mol. The lowest BCUT2D eigenvalue weighted by Crippen LogP contribution is -1.90. The van der Waals surface area contributed by atoms with Crippen molar-refractivity contribution >= 4 is 6.21 Å². The van der Waals surface area contributed by atoms with Crippen LogP contribution in [0.3, 0.4) is 0 Å². The average molecular weight is 249 g/mol. The van der Waals surface area contributed by atoms with Gasteiger partial charge in [0.05, 0.1) is 11.6 Å². The number of nitrogens with zero attached hydrogens (tertiary/aromatic N) is 2. The van der Waals surface area contributed by atoms with Crippen LogP contribution in [0.1, 0.15) is 22.3 Å². The summed E-state index contributed by atoms with van der Waals surface area (Å²) in [5.74, 6) is 0. The highest BCUT2D eigenvalue weighted by atomic mass is 16.6. The smallest absolute Gasteiger partial charge is 0.142 e. The maximum absolute atomic E-state index is 8.91. The van der Waals surface area contributed by atoms with E-state index in [2.05, 4.69) is 17.4 Å². The van der Waals surface area contributed by atoms with E-state index in [0.717, 1.165) is 5.56 Å². The minimum absolute atomic E-state index is 0.391. The van der Waals surface area contributed by atoms with Crippen LogP contribution in [-0.4, -0.2) is 6.21 Å². The molecule has 0 amide bonds. The molecule has 0 saturated carbocycles. The Morgan fingerprint density at radius 3 is 2.42 bits per heavy atom. The van der Waals surface area contributed by atoms with Gasteiger partial charge in [-0.2, -0.15) is 5.26 Å². The Morgan fingerprint density at radius 2 is 1.74 bits per heavy atom. The molecule has 3 heteroatoms. The highest BCUT2D eigenvalue weighted by Gasteiger charge is 1.97. The average Bonchev–Trinajstić information content (AvgIpc) is 2.46. The van der Waals surface area contributed by atoms with Crippen molar-refractivity contribution in [2.24, 2.45) is 5.16 Å². The van der Waals surface area contributed by atoms with Crippen LogP contribution < -0.4 is 0 Å². The number of hydrogen-bond donors (Lipinski definition) is 0. The number of hydrogen-bond acceptors (Lipinski definition) is 3. The van der Waals surface area contributed by atoms with Crippen molar-refractivity contribution in [2.75, 3.05) is 0 Å². The van der Waals surface area contributed by atoms with Gasteiger partial charge < -0.3 is 4.84 Å². The lowest BCUT2D eigenvalue weighted by atomic mass is 10.1. The predicted octanol–water partition coefficient (Wildman–Crippen LogP) is 3.29. The van der Waals surface area contributed by atoms with E-state index in [1.54, 1.807) is 18.2 Å². The van der Waals surface area contributed by atoms with E-state index < -0.39 is 0 Å². The zero-order chi connectivity index (χ0) is 13.5. The first kappa shape index (κ1) is 12.8. The van der Waals surface area contributed by atoms with Gasteiger partial charge in [0.25, 0.3) is 0 Å². The molecule has 2 aromatic rings. The van der Waals surface area contributed by atoms with E-state index in [1.807, 2.05) is 37.3 Å². The second kappa shape index (κ2) is 6.36. The van der Waals surface area contributed by atoms with Crippen molar-refractivity contribution in [3.8, 4) is 6.07 Å². The van der Waals surface area contributed by atoms with Gasteiger partial charge in [-0.3, -0.25) is 0 Å². The van der Waals surface area contributed by atoms with Crippen molar-refractivity contribution in [1.29, 1.82) is 5.26 Å². The van der Waals surface area contributed by atoms with E-state index in [9.17, 15) is 0 Å². The number of nitriles is 1. The fraction of sp³-hybridized carbons (Fsp3) is 0.125. The third kappa shape index (κ3) is 3.68. The Balaban J connectivity index is 1.94. The van der Waals surface area contributed by atoms with Gasteiger partial charge in [-0.15, -0.1) is 0 Å². The van der Waals surface area contributed by atoms with Gasteiger partial charge in [0.15, 0.2) is 0 Å². The second-order valence-corrected chi connectivity index (χ2v) is 4.12. The van der Waals surface area contributed by atoms with Crippen molar-refractivity contribution in [3.63, 3.8) is 0 Å². The van der Waals surface area contributed by atoms with Gasteiger partial charge in [0, 0.05) is 5.56 Å². The van der Waals surface area contributed by atoms with E-state index in [-0.39, 0.29) is 0 Å². The summed E-state index contributed by atoms with van der Waals surface area (Å²) >= 11 is 0. The lowest BCUT2D eigenvalue weighted by molar-refractivity contribution is 0.132. The molecule has 93 valence electrons. The summed E-state index contributed by atoms with van der Waals surface area (Å²) in [6, 6.07) is 17.3. The second-order valence-electron chi connectivity index (χ2n) is 4.12. The summed E-state index contributed by atoms with van der Waals surface area (Å²) in [7, 11) is 0. The van der Waals surface area contributed by atoms with Crippen LogP contribution in [0.25, 0.3) is 0 Å². The molecule has 0 aliphatic heterocycles. The largest absolute Gasteiger partial charge is 0.390 e. The Kier molecular flexibility index (Phi) is 4.30. The summed E-state index contributed by atoms with van der Waals surface area (Å²) in [5, 5.41) is 12.7. The lowest BCUT2D eigenvalue weighted by Gasteiger charge is -2.00. The Bertz CT molecular complexity index is 609. The minimum atomic E-state index is 0.391. The standard InChI is InChI=1S/C16H13N2O/c1-13-6-8-14(9-7-13)12-19-18-11-16-5-3-2-4-15(16)10-17/h2-9H,12H2,1H3. The maximum atomic E-state index is 8.91. The maximum Gasteiger partial charge on any atom is 0.142 e. The molecule has 0 fully saturated rings. The highest BCUT2D eigenvalue weighted by molar-refractivity contribution is 5.82. The van der Waals surface area contributed by atoms with E-state index in [0.29, 0.717) is 17.7 Å². The SMILES string of the molecule is Cc1ccc(CO/N=[C]\c2ccccc2C#N)cc1. The van der Waals surface area contributed by atoms with E-state index >= 15 is 0 Å². The molecule has 0 atom stereocenters. The summed E-state index contributed by atoms with van der Waals surface area (Å²) in [5.41, 5.74) is 3.42. The molecule has 3 nitrogen and oxygen atoms in total. The van der Waals surface area contributed by atoms with Crippen LogP contribution in [0.5, 0.6) is 0 Å². The van der Waals surface area contributed by atoms with Crippen molar-refractivity contribution in [2.45, 2.75) is 13.5 Å². The molecule has 0 aliphatic carbocycles. The Hall–Kier alpha value is -2.60. The molecule has 0 N–H and O–H groups in total. The molecule has 2 aromatic carbocycles. The molecule has 0 unspecified atom stereocenters. The first-order chi connectivity index (χ1) is 9.29. The van der Waals surface area contributed by atoms with Gasteiger partial charge in [0.1, 0.15) is 12.8 Å². The third-order valence-electron chi connectivity index (χ3n) is 2.63. The zero-order valence-corrected chi connectivity index (χ0v) is 10.6. The third-order valence-corrected chi connectivity index (χ3v) is 2.63. The van der Waals surface area contributed by atoms with Gasteiger partial charge >= 0.3 is 0 Å². The van der Waals surface area contributed by atoms with Gasteiger partial charge in [-0.05, 0) is 18.6 Å². The van der Waals surface area contributed by atoms with Crippen LogP contribution in [0.2, 0.25) is 0 Å². The summed E-state index contributed by atoms with van der Waals surface area (Å²) in [6.07, 6.45) is 2.73. The normalized spacial score (nSPS) is 10.3. The van der Waals surface area contributed by atoms with Crippen LogP contribution >= 0.6 is 0 Å². The van der Waals surface area contributed by atoms with Crippen molar-refractivity contribution < 1.29 is 4.84 Å². The molecule has 0 aliphatic rings. The first-order valence-corrected chi connectivity index (χ1v) is 5.92. The molecule has 0 bridgehead atoms. The topological polar surface area (TPSA) is 45.4 Å². The predicted molar refractivity (Wildman–Crippen MR) is 73.7 cm³/mol. The van der Waals surface area contributed by atoms with E-state index in [4.69, 9.17) is 10.1 Å². The van der Waals surface area contributed by atoms with E-state index in [1.165, 1.54) is 5.56 Å². The van der Waals surface area contributed by atoms with Crippen LogP contribution in [-0.2, 0) is 11.4 Å². The molecule has 0 heterocycles. The molecule has 0 aromatic heterocycles. The number of aryl methyl sites for hydroxylation is 1. The Labute approximate surface area is 112 Å². The van der Waals surface area contributed by atoms with Gasteiger partial charge in [0.2, 0.25) is 0 Å². The summed E-state index contributed by atoms with van der Waals surface area (Å²) < 4.78 is 0. The summed E-state index contributed by atoms with van der Waals surface area (Å²) in [4.78, 5) is 5.17. The fourth-order valence-electron chi connectivity index (χ4n) is 1.55. The highest BCUT2D eigenvalue weighted by Crippen LogP contribution is 2.06. The van der Waals surface area contributed by atoms with Gasteiger partial charge in [-0.1, -0.05) is 53.2 Å². The molecular formula is C16H13N2O. The van der Waals surface area contributed by atoms with Gasteiger partial charge in [-0.25, -0.2) is 0 Å². The molecule has 0 spiro atoms. The molecular weight excluding hydrogens is 236 g/mol. The number of benzene rings is 2. The fourth-order valence-corrected chi connectivity index (χ4v) is 1.55. The molecule has 1 radical (unpaired) electrons. The molecule has 0 saturated heterocycles. The van der Waals surface area contributed by atoms with Crippen LogP contribution in [0, 0.1) is 18.3 Å². The molecule has 2 rings (SSSR count). The Morgan fingerprint density at radius 1 is 1.05 bits per heavy atom. The van der Waals surface area contributed by atoms with Crippen LogP contribution in [0.4, 0.5) is 0 Å². The summed E-state index contributed by atoms with van der Waals surface area (Å²) in [6.45, 7) is 2.43. The zero-order valence-electron chi connectivity index (χ0n) is 10.6. The van der Waals surface area contributed by atoms with Crippen LogP contribution in [0.15, 0.2) is 53.7 Å². The quantitative estimate of drug-likeness (QED) is 0.616. The number of rotatable bonds is 4.